The van der Waals surface area contributed by atoms with Crippen LogP contribution in [-0.4, -0.2) is 35.0 Å². The minimum atomic E-state index is -0.0266. The number of urea groups is 1. The molecule has 0 bridgehead atoms. The van der Waals surface area contributed by atoms with Crippen LogP contribution < -0.4 is 11.1 Å². The number of hydrogen-bond acceptors (Lipinski definition) is 3. The third-order valence-corrected chi connectivity index (χ3v) is 2.89. The van der Waals surface area contributed by atoms with Gasteiger partial charge >= 0.3 is 6.03 Å². The Kier molecular flexibility index (Phi) is 3.58. The fraction of sp³-hybridized carbons (Fsp3) is 0.500. The summed E-state index contributed by atoms with van der Waals surface area (Å²) in [6.07, 6.45) is 2.56. The molecule has 2 heterocycles. The second-order valence-electron chi connectivity index (χ2n) is 4.47. The van der Waals surface area contributed by atoms with E-state index in [0.29, 0.717) is 13.1 Å². The van der Waals surface area contributed by atoms with Crippen molar-refractivity contribution in [2.24, 2.45) is 5.73 Å². The highest BCUT2D eigenvalue weighted by Crippen LogP contribution is 2.18. The second kappa shape index (κ2) is 5.14. The number of amides is 2. The molecule has 1 aliphatic heterocycles. The van der Waals surface area contributed by atoms with Crippen molar-refractivity contribution >= 4 is 6.03 Å². The minimum absolute atomic E-state index is 0.00298. The Morgan fingerprint density at radius 1 is 1.65 bits per heavy atom. The topological polar surface area (TPSA) is 71.2 Å². The molecule has 0 radical (unpaired) electrons. The highest BCUT2D eigenvalue weighted by Gasteiger charge is 2.29. The van der Waals surface area contributed by atoms with E-state index in [0.717, 1.165) is 12.1 Å². The number of nitrogens with two attached hydrogens (primary N) is 1. The van der Waals surface area contributed by atoms with Crippen LogP contribution in [0.5, 0.6) is 0 Å². The van der Waals surface area contributed by atoms with Gasteiger partial charge in [-0.1, -0.05) is 6.07 Å². The molecule has 1 aromatic heterocycles. The van der Waals surface area contributed by atoms with E-state index < -0.39 is 0 Å². The minimum Gasteiger partial charge on any atom is -0.328 e. The van der Waals surface area contributed by atoms with Crippen molar-refractivity contribution in [1.82, 2.24) is 15.2 Å². The smallest absolute Gasteiger partial charge is 0.318 e. The molecule has 2 atom stereocenters. The van der Waals surface area contributed by atoms with Crippen LogP contribution in [0.15, 0.2) is 24.4 Å². The van der Waals surface area contributed by atoms with Crippen molar-refractivity contribution in [1.29, 1.82) is 0 Å². The van der Waals surface area contributed by atoms with Crippen molar-refractivity contribution in [2.45, 2.75) is 25.4 Å². The van der Waals surface area contributed by atoms with E-state index >= 15 is 0 Å². The summed E-state index contributed by atoms with van der Waals surface area (Å²) in [5.74, 6) is 0. The number of pyridine rings is 1. The largest absolute Gasteiger partial charge is 0.328 e. The molecule has 1 aliphatic rings. The number of nitrogens with one attached hydrogen (secondary N) is 1. The third kappa shape index (κ3) is 2.94. The normalized spacial score (nSPS) is 21.4. The Bertz CT molecular complexity index is 379. The molecule has 1 fully saturated rings. The van der Waals surface area contributed by atoms with Gasteiger partial charge in [-0.3, -0.25) is 4.98 Å². The van der Waals surface area contributed by atoms with E-state index in [1.807, 2.05) is 25.1 Å². The van der Waals surface area contributed by atoms with E-state index in [2.05, 4.69) is 10.3 Å². The molecule has 1 saturated heterocycles. The van der Waals surface area contributed by atoms with E-state index in [-0.39, 0.29) is 18.1 Å². The Balaban J connectivity index is 1.95. The number of carbonyl (C=O) groups is 1. The first-order chi connectivity index (χ1) is 8.16. The molecular formula is C12H18N4O. The Hall–Kier alpha value is -1.62. The predicted molar refractivity (Wildman–Crippen MR) is 65.3 cm³/mol. The van der Waals surface area contributed by atoms with Crippen LogP contribution in [0.25, 0.3) is 0 Å². The average molecular weight is 234 g/mol. The van der Waals surface area contributed by atoms with Crippen molar-refractivity contribution < 1.29 is 4.79 Å². The molecule has 0 saturated carbocycles. The maximum Gasteiger partial charge on any atom is 0.318 e. The van der Waals surface area contributed by atoms with Gasteiger partial charge in [0.25, 0.3) is 0 Å². The third-order valence-electron chi connectivity index (χ3n) is 2.89. The number of hydrogen-bond donors (Lipinski definition) is 2. The molecule has 0 spiro atoms. The summed E-state index contributed by atoms with van der Waals surface area (Å²) in [7, 11) is 0. The quantitative estimate of drug-likeness (QED) is 0.812. The van der Waals surface area contributed by atoms with Gasteiger partial charge in [-0.2, -0.15) is 0 Å². The number of nitrogens with zero attached hydrogens (tertiary/aromatic N) is 2. The fourth-order valence-corrected chi connectivity index (χ4v) is 1.89. The monoisotopic (exact) mass is 234 g/mol. The zero-order chi connectivity index (χ0) is 12.3. The first-order valence-corrected chi connectivity index (χ1v) is 5.89. The molecular weight excluding hydrogens is 216 g/mol. The van der Waals surface area contributed by atoms with Gasteiger partial charge in [-0.25, -0.2) is 4.79 Å². The molecule has 5 nitrogen and oxygen atoms in total. The van der Waals surface area contributed by atoms with E-state index in [1.54, 1.807) is 11.1 Å². The summed E-state index contributed by atoms with van der Waals surface area (Å²) >= 11 is 0. The molecule has 0 aromatic carbocycles. The highest BCUT2D eigenvalue weighted by atomic mass is 16.2. The lowest BCUT2D eigenvalue weighted by molar-refractivity contribution is 0.216. The standard InChI is InChI=1S/C12H18N4O/c1-9(13)5-7-16-8-11(15-12(16)17)10-4-2-3-6-14-10/h2-4,6,9,11H,5,7-8,13H2,1H3,(H,15,17). The zero-order valence-corrected chi connectivity index (χ0v) is 9.97. The summed E-state index contributed by atoms with van der Waals surface area (Å²) in [6, 6.07) is 5.82. The van der Waals surface area contributed by atoms with Gasteiger partial charge < -0.3 is 16.0 Å². The van der Waals surface area contributed by atoms with Crippen LogP contribution in [0.2, 0.25) is 0 Å². The average Bonchev–Trinajstić information content (AvgIpc) is 2.69. The molecule has 2 unspecified atom stereocenters. The lowest BCUT2D eigenvalue weighted by Crippen LogP contribution is -2.32. The first-order valence-electron chi connectivity index (χ1n) is 5.89. The molecule has 3 N–H and O–H groups in total. The lowest BCUT2D eigenvalue weighted by Gasteiger charge is -2.15. The maximum atomic E-state index is 11.7. The second-order valence-corrected chi connectivity index (χ2v) is 4.47. The van der Waals surface area contributed by atoms with Gasteiger partial charge in [-0.15, -0.1) is 0 Å². The first kappa shape index (κ1) is 11.9. The van der Waals surface area contributed by atoms with Crippen LogP contribution in [0.1, 0.15) is 25.1 Å². The SMILES string of the molecule is CC(N)CCN1CC(c2ccccn2)NC1=O. The number of carbonyl (C=O) groups excluding carboxylic acids is 1. The summed E-state index contributed by atoms with van der Waals surface area (Å²) in [5.41, 5.74) is 6.60. The molecule has 0 aliphatic carbocycles. The van der Waals surface area contributed by atoms with Crippen molar-refractivity contribution in [2.75, 3.05) is 13.1 Å². The van der Waals surface area contributed by atoms with Crippen molar-refractivity contribution in [3.63, 3.8) is 0 Å². The molecule has 17 heavy (non-hydrogen) atoms. The lowest BCUT2D eigenvalue weighted by atomic mass is 10.2. The van der Waals surface area contributed by atoms with Crippen LogP contribution in [0, 0.1) is 0 Å². The molecule has 2 rings (SSSR count). The summed E-state index contributed by atoms with van der Waals surface area (Å²) < 4.78 is 0. The van der Waals surface area contributed by atoms with E-state index in [9.17, 15) is 4.79 Å². The van der Waals surface area contributed by atoms with Gasteiger partial charge in [0.1, 0.15) is 0 Å². The van der Waals surface area contributed by atoms with Crippen molar-refractivity contribution in [3.05, 3.63) is 30.1 Å². The Morgan fingerprint density at radius 3 is 3.12 bits per heavy atom. The summed E-state index contributed by atoms with van der Waals surface area (Å²) in [6.45, 7) is 3.32. The number of rotatable bonds is 4. The van der Waals surface area contributed by atoms with Gasteiger partial charge in [0.15, 0.2) is 0 Å². The van der Waals surface area contributed by atoms with Crippen LogP contribution in [0.3, 0.4) is 0 Å². The molecule has 2 amide bonds. The van der Waals surface area contributed by atoms with Gasteiger partial charge in [0.2, 0.25) is 0 Å². The maximum absolute atomic E-state index is 11.7. The fourth-order valence-electron chi connectivity index (χ4n) is 1.89. The summed E-state index contributed by atoms with van der Waals surface area (Å²) in [4.78, 5) is 17.8. The van der Waals surface area contributed by atoms with Gasteiger partial charge in [-0.05, 0) is 25.5 Å². The van der Waals surface area contributed by atoms with E-state index in [4.69, 9.17) is 5.73 Å². The number of aromatic nitrogens is 1. The predicted octanol–water partition coefficient (Wildman–Crippen LogP) is 0.885. The van der Waals surface area contributed by atoms with Gasteiger partial charge in [0, 0.05) is 25.3 Å². The zero-order valence-electron chi connectivity index (χ0n) is 9.97. The van der Waals surface area contributed by atoms with Crippen molar-refractivity contribution in [3.8, 4) is 0 Å². The molecule has 1 aromatic rings. The summed E-state index contributed by atoms with van der Waals surface area (Å²) in [5, 5.41) is 2.93. The van der Waals surface area contributed by atoms with Gasteiger partial charge in [0.05, 0.1) is 11.7 Å². The van der Waals surface area contributed by atoms with Crippen LogP contribution in [-0.2, 0) is 0 Å². The Labute approximate surface area is 101 Å². The molecule has 92 valence electrons. The highest BCUT2D eigenvalue weighted by molar-refractivity contribution is 5.77. The van der Waals surface area contributed by atoms with E-state index in [1.165, 1.54) is 0 Å². The molecule has 5 heteroatoms. The van der Waals surface area contributed by atoms with Crippen LogP contribution >= 0.6 is 0 Å². The van der Waals surface area contributed by atoms with Crippen LogP contribution in [0.4, 0.5) is 4.79 Å². The Morgan fingerprint density at radius 2 is 2.47 bits per heavy atom.